The molecule has 0 bridgehead atoms. The molecule has 0 radical (unpaired) electrons. The van der Waals surface area contributed by atoms with E-state index in [2.05, 4.69) is 55.5 Å². The lowest BCUT2D eigenvalue weighted by Gasteiger charge is -2.28. The first-order chi connectivity index (χ1) is 11.2. The topological polar surface area (TPSA) is 20.3 Å². The molecule has 1 heterocycles. The molecule has 0 unspecified atom stereocenters. The number of carbonyl (C=O) groups is 1. The van der Waals surface area contributed by atoms with Crippen LogP contribution >= 0.6 is 0 Å². The summed E-state index contributed by atoms with van der Waals surface area (Å²) < 4.78 is 0. The third-order valence-electron chi connectivity index (χ3n) is 4.78. The second kappa shape index (κ2) is 7.45. The van der Waals surface area contributed by atoms with Crippen LogP contribution in [0, 0.1) is 0 Å². The number of rotatable bonds is 4. The smallest absolute Gasteiger partial charge is 0.223 e. The zero-order chi connectivity index (χ0) is 16.1. The van der Waals surface area contributed by atoms with E-state index in [0.29, 0.717) is 12.3 Å². The predicted molar refractivity (Wildman–Crippen MR) is 95.3 cm³/mol. The first-order valence-corrected chi connectivity index (χ1v) is 8.67. The molecule has 0 aliphatic carbocycles. The number of carbonyl (C=O) groups excluding carboxylic acids is 1. The van der Waals surface area contributed by atoms with Gasteiger partial charge in [0.25, 0.3) is 0 Å². The summed E-state index contributed by atoms with van der Waals surface area (Å²) in [6, 6.07) is 19.0. The fourth-order valence-corrected chi connectivity index (χ4v) is 3.29. The monoisotopic (exact) mass is 307 g/mol. The summed E-state index contributed by atoms with van der Waals surface area (Å²) in [6.45, 7) is 4.04. The molecule has 2 nitrogen and oxygen atoms in total. The SMILES string of the molecule is C[C@@H](CC(=O)N1CCCCC1)c1ccc(-c2ccccc2)cc1. The molecule has 23 heavy (non-hydrogen) atoms. The first kappa shape index (κ1) is 15.8. The van der Waals surface area contributed by atoms with Crippen molar-refractivity contribution in [3.8, 4) is 11.1 Å². The number of amides is 1. The maximum Gasteiger partial charge on any atom is 0.223 e. The molecule has 1 aliphatic rings. The summed E-state index contributed by atoms with van der Waals surface area (Å²) in [6.07, 6.45) is 4.20. The van der Waals surface area contributed by atoms with Gasteiger partial charge in [-0.1, -0.05) is 61.5 Å². The van der Waals surface area contributed by atoms with Crippen LogP contribution in [0.15, 0.2) is 54.6 Å². The van der Waals surface area contributed by atoms with E-state index >= 15 is 0 Å². The molecule has 2 aromatic carbocycles. The molecule has 1 amide bonds. The minimum Gasteiger partial charge on any atom is -0.343 e. The van der Waals surface area contributed by atoms with Gasteiger partial charge in [-0.3, -0.25) is 4.79 Å². The van der Waals surface area contributed by atoms with Gasteiger partial charge >= 0.3 is 0 Å². The summed E-state index contributed by atoms with van der Waals surface area (Å²) in [5.74, 6) is 0.582. The van der Waals surface area contributed by atoms with Gasteiger partial charge in [-0.15, -0.1) is 0 Å². The molecule has 1 aliphatic heterocycles. The van der Waals surface area contributed by atoms with Crippen LogP contribution < -0.4 is 0 Å². The summed E-state index contributed by atoms with van der Waals surface area (Å²) >= 11 is 0. The fourth-order valence-electron chi connectivity index (χ4n) is 3.29. The van der Waals surface area contributed by atoms with Crippen molar-refractivity contribution < 1.29 is 4.79 Å². The average Bonchev–Trinajstić information content (AvgIpc) is 2.63. The van der Waals surface area contributed by atoms with Crippen molar-refractivity contribution >= 4 is 5.91 Å². The molecule has 1 fully saturated rings. The Morgan fingerprint density at radius 3 is 2.17 bits per heavy atom. The second-order valence-corrected chi connectivity index (χ2v) is 6.53. The number of hydrogen-bond acceptors (Lipinski definition) is 1. The minimum absolute atomic E-state index is 0.272. The zero-order valence-electron chi connectivity index (χ0n) is 13.9. The Morgan fingerprint density at radius 1 is 0.913 bits per heavy atom. The van der Waals surface area contributed by atoms with Gasteiger partial charge in [0.15, 0.2) is 0 Å². The van der Waals surface area contributed by atoms with Crippen molar-refractivity contribution in [1.82, 2.24) is 4.90 Å². The lowest BCUT2D eigenvalue weighted by atomic mass is 9.94. The average molecular weight is 307 g/mol. The van der Waals surface area contributed by atoms with E-state index in [1.54, 1.807) is 0 Å². The number of likely N-dealkylation sites (tertiary alicyclic amines) is 1. The van der Waals surface area contributed by atoms with Crippen LogP contribution in [0.25, 0.3) is 11.1 Å². The molecule has 1 saturated heterocycles. The Hall–Kier alpha value is -2.09. The molecule has 2 heteroatoms. The highest BCUT2D eigenvalue weighted by Gasteiger charge is 2.19. The number of nitrogens with zero attached hydrogens (tertiary/aromatic N) is 1. The number of piperidine rings is 1. The molecule has 2 aromatic rings. The Morgan fingerprint density at radius 2 is 1.52 bits per heavy atom. The first-order valence-electron chi connectivity index (χ1n) is 8.67. The standard InChI is InChI=1S/C21H25NO/c1-17(16-21(23)22-14-6-3-7-15-22)18-10-12-20(13-11-18)19-8-4-2-5-9-19/h2,4-5,8-13,17H,3,6-7,14-16H2,1H3/t17-/m0/s1. The van der Waals surface area contributed by atoms with Crippen LogP contribution in [0.4, 0.5) is 0 Å². The van der Waals surface area contributed by atoms with Crippen LogP contribution in [-0.4, -0.2) is 23.9 Å². The highest BCUT2D eigenvalue weighted by Crippen LogP contribution is 2.25. The van der Waals surface area contributed by atoms with E-state index < -0.39 is 0 Å². The van der Waals surface area contributed by atoms with Gasteiger partial charge in [0.1, 0.15) is 0 Å². The van der Waals surface area contributed by atoms with E-state index in [9.17, 15) is 4.79 Å². The molecule has 1 atom stereocenters. The molecule has 3 rings (SSSR count). The summed E-state index contributed by atoms with van der Waals surface area (Å²) in [4.78, 5) is 14.4. The van der Waals surface area contributed by atoms with Crippen LogP contribution in [0.2, 0.25) is 0 Å². The fraction of sp³-hybridized carbons (Fsp3) is 0.381. The molecule has 0 spiro atoms. The lowest BCUT2D eigenvalue weighted by Crippen LogP contribution is -2.36. The lowest BCUT2D eigenvalue weighted by molar-refractivity contribution is -0.132. The summed E-state index contributed by atoms with van der Waals surface area (Å²) in [7, 11) is 0. The van der Waals surface area contributed by atoms with Gasteiger partial charge in [-0.05, 0) is 41.9 Å². The minimum atomic E-state index is 0.272. The van der Waals surface area contributed by atoms with Crippen molar-refractivity contribution in [3.63, 3.8) is 0 Å². The molecular formula is C21H25NO. The summed E-state index contributed by atoms with van der Waals surface area (Å²) in [5.41, 5.74) is 3.70. The van der Waals surface area contributed by atoms with Gasteiger partial charge in [-0.2, -0.15) is 0 Å². The molecule has 120 valence electrons. The van der Waals surface area contributed by atoms with Crippen molar-refractivity contribution in [2.45, 2.75) is 38.5 Å². The Labute approximate surface area is 139 Å². The highest BCUT2D eigenvalue weighted by molar-refractivity contribution is 5.77. The van der Waals surface area contributed by atoms with Crippen LogP contribution in [0.3, 0.4) is 0 Å². The van der Waals surface area contributed by atoms with Crippen LogP contribution in [0.1, 0.15) is 44.1 Å². The van der Waals surface area contributed by atoms with Crippen molar-refractivity contribution in [2.75, 3.05) is 13.1 Å². The van der Waals surface area contributed by atoms with Crippen LogP contribution in [-0.2, 0) is 4.79 Å². The van der Waals surface area contributed by atoms with E-state index in [-0.39, 0.29) is 5.92 Å². The molecule has 0 aromatic heterocycles. The Kier molecular flexibility index (Phi) is 5.12. The number of hydrogen-bond donors (Lipinski definition) is 0. The maximum absolute atomic E-state index is 12.4. The normalized spacial score (nSPS) is 16.1. The molecule has 0 N–H and O–H groups in total. The predicted octanol–water partition coefficient (Wildman–Crippen LogP) is 4.86. The van der Waals surface area contributed by atoms with Gasteiger partial charge in [0.05, 0.1) is 0 Å². The van der Waals surface area contributed by atoms with Gasteiger partial charge in [0.2, 0.25) is 5.91 Å². The second-order valence-electron chi connectivity index (χ2n) is 6.53. The van der Waals surface area contributed by atoms with Crippen LogP contribution in [0.5, 0.6) is 0 Å². The quantitative estimate of drug-likeness (QED) is 0.790. The summed E-state index contributed by atoms with van der Waals surface area (Å²) in [5, 5.41) is 0. The third-order valence-corrected chi connectivity index (χ3v) is 4.78. The van der Waals surface area contributed by atoms with Crippen molar-refractivity contribution in [2.24, 2.45) is 0 Å². The van der Waals surface area contributed by atoms with Gasteiger partial charge in [-0.25, -0.2) is 0 Å². The largest absolute Gasteiger partial charge is 0.343 e. The van der Waals surface area contributed by atoms with E-state index in [0.717, 1.165) is 25.9 Å². The number of benzene rings is 2. The van der Waals surface area contributed by atoms with Gasteiger partial charge in [0, 0.05) is 19.5 Å². The third kappa shape index (κ3) is 4.01. The molecule has 0 saturated carbocycles. The maximum atomic E-state index is 12.4. The highest BCUT2D eigenvalue weighted by atomic mass is 16.2. The van der Waals surface area contributed by atoms with Gasteiger partial charge < -0.3 is 4.90 Å². The molecular weight excluding hydrogens is 282 g/mol. The van der Waals surface area contributed by atoms with E-state index in [1.807, 2.05) is 11.0 Å². The Bertz CT molecular complexity index is 627. The Balaban J connectivity index is 1.63. The van der Waals surface area contributed by atoms with E-state index in [1.165, 1.54) is 23.1 Å². The van der Waals surface area contributed by atoms with Crippen molar-refractivity contribution in [1.29, 1.82) is 0 Å². The van der Waals surface area contributed by atoms with E-state index in [4.69, 9.17) is 0 Å². The zero-order valence-corrected chi connectivity index (χ0v) is 13.9. The van der Waals surface area contributed by atoms with Crippen molar-refractivity contribution in [3.05, 3.63) is 60.2 Å².